The standard InChI is InChI=1S/C23H24ClN3O3/c24-18-6-1-5-17(12-18)22(28)15-25-9-3-10-27-19-7-2-4-16(13-19)21-14-26-11-8-20(21)23(29)30/h1-2,4-8,11-14,22,25,27-28H,3,9-10,15H2,(H,29,30)/t22-/m1/s1. The maximum atomic E-state index is 11.4. The van der Waals surface area contributed by atoms with Crippen molar-refractivity contribution in [1.29, 1.82) is 0 Å². The van der Waals surface area contributed by atoms with Crippen molar-refractivity contribution in [1.82, 2.24) is 10.3 Å². The molecule has 0 saturated carbocycles. The Kier molecular flexibility index (Phi) is 7.79. The Morgan fingerprint density at radius 1 is 1.10 bits per heavy atom. The first kappa shape index (κ1) is 21.8. The molecule has 0 aliphatic heterocycles. The lowest BCUT2D eigenvalue weighted by molar-refractivity contribution is 0.0697. The van der Waals surface area contributed by atoms with Gasteiger partial charge in [-0.3, -0.25) is 4.98 Å². The Morgan fingerprint density at radius 2 is 1.93 bits per heavy atom. The van der Waals surface area contributed by atoms with E-state index in [1.165, 1.54) is 12.3 Å². The first-order valence-electron chi connectivity index (χ1n) is 9.70. The number of aromatic nitrogens is 1. The average Bonchev–Trinajstić information content (AvgIpc) is 2.76. The SMILES string of the molecule is O=C(O)c1ccncc1-c1cccc(NCCCNC[C@@H](O)c2cccc(Cl)c2)c1. The summed E-state index contributed by atoms with van der Waals surface area (Å²) >= 11 is 5.95. The third-order valence-electron chi connectivity index (χ3n) is 4.66. The van der Waals surface area contributed by atoms with Gasteiger partial charge in [0.05, 0.1) is 11.7 Å². The van der Waals surface area contributed by atoms with Crippen molar-refractivity contribution in [2.45, 2.75) is 12.5 Å². The maximum absolute atomic E-state index is 11.4. The number of aliphatic hydroxyl groups excluding tert-OH is 1. The zero-order valence-electron chi connectivity index (χ0n) is 16.4. The van der Waals surface area contributed by atoms with Crippen LogP contribution in [0.3, 0.4) is 0 Å². The van der Waals surface area contributed by atoms with Crippen LogP contribution in [0.1, 0.15) is 28.4 Å². The number of aliphatic hydroxyl groups is 1. The van der Waals surface area contributed by atoms with Gasteiger partial charge in [-0.1, -0.05) is 35.9 Å². The molecule has 0 aliphatic rings. The number of nitrogens with zero attached hydrogens (tertiary/aromatic N) is 1. The molecule has 0 amide bonds. The molecule has 3 aromatic rings. The molecule has 2 aromatic carbocycles. The molecular formula is C23H24ClN3O3. The van der Waals surface area contributed by atoms with E-state index in [0.717, 1.165) is 36.3 Å². The summed E-state index contributed by atoms with van der Waals surface area (Å²) in [4.78, 5) is 15.5. The number of nitrogens with one attached hydrogen (secondary N) is 2. The Balaban J connectivity index is 1.46. The number of anilines is 1. The van der Waals surface area contributed by atoms with Crippen molar-refractivity contribution in [2.24, 2.45) is 0 Å². The summed E-state index contributed by atoms with van der Waals surface area (Å²) in [5.74, 6) is -0.975. The van der Waals surface area contributed by atoms with E-state index in [9.17, 15) is 15.0 Å². The number of hydrogen-bond acceptors (Lipinski definition) is 5. The first-order valence-corrected chi connectivity index (χ1v) is 10.1. The lowest BCUT2D eigenvalue weighted by Gasteiger charge is -2.13. The quantitative estimate of drug-likeness (QED) is 0.363. The van der Waals surface area contributed by atoms with Gasteiger partial charge in [0, 0.05) is 41.8 Å². The second kappa shape index (κ2) is 10.7. The Labute approximate surface area is 180 Å². The lowest BCUT2D eigenvalue weighted by Crippen LogP contribution is -2.24. The highest BCUT2D eigenvalue weighted by Gasteiger charge is 2.11. The minimum absolute atomic E-state index is 0.226. The van der Waals surface area contributed by atoms with E-state index < -0.39 is 12.1 Å². The van der Waals surface area contributed by atoms with Crippen LogP contribution in [0.4, 0.5) is 5.69 Å². The maximum Gasteiger partial charge on any atom is 0.336 e. The number of carbonyl (C=O) groups is 1. The van der Waals surface area contributed by atoms with Crippen LogP contribution in [0, 0.1) is 0 Å². The fourth-order valence-electron chi connectivity index (χ4n) is 3.12. The first-order chi connectivity index (χ1) is 14.5. The summed E-state index contributed by atoms with van der Waals surface area (Å²) in [6.45, 7) is 1.94. The number of carboxylic acid groups (broad SMARTS) is 1. The number of halogens is 1. The molecule has 7 heteroatoms. The molecule has 1 aromatic heterocycles. The number of benzene rings is 2. The zero-order chi connectivity index (χ0) is 21.3. The molecule has 0 saturated heterocycles. The minimum Gasteiger partial charge on any atom is -0.478 e. The van der Waals surface area contributed by atoms with E-state index >= 15 is 0 Å². The normalized spacial score (nSPS) is 11.8. The molecule has 1 atom stereocenters. The van der Waals surface area contributed by atoms with Crippen LogP contribution in [0.15, 0.2) is 67.0 Å². The van der Waals surface area contributed by atoms with E-state index in [1.807, 2.05) is 36.4 Å². The Morgan fingerprint density at radius 3 is 2.73 bits per heavy atom. The highest BCUT2D eigenvalue weighted by molar-refractivity contribution is 6.30. The lowest BCUT2D eigenvalue weighted by atomic mass is 10.0. The van der Waals surface area contributed by atoms with Crippen molar-refractivity contribution in [3.05, 3.63) is 83.1 Å². The van der Waals surface area contributed by atoms with Gasteiger partial charge in [0.15, 0.2) is 0 Å². The summed E-state index contributed by atoms with van der Waals surface area (Å²) in [7, 11) is 0. The van der Waals surface area contributed by atoms with Crippen LogP contribution in [-0.4, -0.2) is 40.8 Å². The van der Waals surface area contributed by atoms with Crippen LogP contribution >= 0.6 is 11.6 Å². The van der Waals surface area contributed by atoms with Crippen molar-refractivity contribution >= 4 is 23.3 Å². The van der Waals surface area contributed by atoms with E-state index in [1.54, 1.807) is 18.3 Å². The van der Waals surface area contributed by atoms with Crippen LogP contribution in [0.5, 0.6) is 0 Å². The molecule has 4 N–H and O–H groups in total. The van der Waals surface area contributed by atoms with Crippen molar-refractivity contribution in [3.8, 4) is 11.1 Å². The molecule has 0 unspecified atom stereocenters. The fraction of sp³-hybridized carbons (Fsp3) is 0.217. The molecule has 0 spiro atoms. The second-order valence-electron chi connectivity index (χ2n) is 6.86. The Bertz CT molecular complexity index is 997. The van der Waals surface area contributed by atoms with Gasteiger partial charge >= 0.3 is 5.97 Å². The predicted molar refractivity (Wildman–Crippen MR) is 119 cm³/mol. The van der Waals surface area contributed by atoms with Gasteiger partial charge in [-0.15, -0.1) is 0 Å². The summed E-state index contributed by atoms with van der Waals surface area (Å²) < 4.78 is 0. The smallest absolute Gasteiger partial charge is 0.336 e. The summed E-state index contributed by atoms with van der Waals surface area (Å²) in [5, 5.41) is 26.8. The van der Waals surface area contributed by atoms with Gasteiger partial charge in [0.1, 0.15) is 0 Å². The van der Waals surface area contributed by atoms with Crippen molar-refractivity contribution in [2.75, 3.05) is 25.0 Å². The van der Waals surface area contributed by atoms with Gasteiger partial charge in [-0.2, -0.15) is 0 Å². The monoisotopic (exact) mass is 425 g/mol. The Hall–Kier alpha value is -2.93. The number of aromatic carboxylic acids is 1. The fourth-order valence-corrected chi connectivity index (χ4v) is 3.32. The molecule has 3 rings (SSSR count). The van der Waals surface area contributed by atoms with E-state index in [-0.39, 0.29) is 5.56 Å². The molecule has 0 bridgehead atoms. The number of pyridine rings is 1. The second-order valence-corrected chi connectivity index (χ2v) is 7.30. The van der Waals surface area contributed by atoms with Crippen LogP contribution in [0.2, 0.25) is 5.02 Å². The molecule has 156 valence electrons. The summed E-state index contributed by atoms with van der Waals surface area (Å²) in [5.41, 5.74) is 3.32. The number of rotatable bonds is 10. The molecule has 6 nitrogen and oxygen atoms in total. The van der Waals surface area contributed by atoms with Gasteiger partial charge < -0.3 is 20.8 Å². The molecular weight excluding hydrogens is 402 g/mol. The van der Waals surface area contributed by atoms with Crippen molar-refractivity contribution < 1.29 is 15.0 Å². The van der Waals surface area contributed by atoms with Crippen LogP contribution in [0.25, 0.3) is 11.1 Å². The van der Waals surface area contributed by atoms with E-state index in [2.05, 4.69) is 15.6 Å². The minimum atomic E-state index is -0.975. The molecule has 0 aliphatic carbocycles. The largest absolute Gasteiger partial charge is 0.478 e. The van der Waals surface area contributed by atoms with Gasteiger partial charge in [0.2, 0.25) is 0 Å². The third-order valence-corrected chi connectivity index (χ3v) is 4.89. The van der Waals surface area contributed by atoms with Crippen molar-refractivity contribution in [3.63, 3.8) is 0 Å². The van der Waals surface area contributed by atoms with Gasteiger partial charge in [-0.25, -0.2) is 4.79 Å². The third kappa shape index (κ3) is 6.03. The van der Waals surface area contributed by atoms with E-state index in [4.69, 9.17) is 11.6 Å². The topological polar surface area (TPSA) is 94.5 Å². The molecule has 1 heterocycles. The zero-order valence-corrected chi connectivity index (χ0v) is 17.1. The highest BCUT2D eigenvalue weighted by Crippen LogP contribution is 2.25. The highest BCUT2D eigenvalue weighted by atomic mass is 35.5. The predicted octanol–water partition coefficient (Wildman–Crippen LogP) is 4.23. The summed E-state index contributed by atoms with van der Waals surface area (Å²) in [6, 6.07) is 16.3. The number of hydrogen-bond donors (Lipinski definition) is 4. The van der Waals surface area contributed by atoms with Gasteiger partial charge in [-0.05, 0) is 54.4 Å². The van der Waals surface area contributed by atoms with E-state index in [0.29, 0.717) is 17.1 Å². The van der Waals surface area contributed by atoms with Gasteiger partial charge in [0.25, 0.3) is 0 Å². The van der Waals surface area contributed by atoms with Crippen LogP contribution < -0.4 is 10.6 Å². The molecule has 0 fully saturated rings. The average molecular weight is 426 g/mol. The molecule has 0 radical (unpaired) electrons. The molecule has 30 heavy (non-hydrogen) atoms. The number of carboxylic acids is 1. The summed E-state index contributed by atoms with van der Waals surface area (Å²) in [6.07, 6.45) is 3.30. The van der Waals surface area contributed by atoms with Crippen LogP contribution in [-0.2, 0) is 0 Å².